The van der Waals surface area contributed by atoms with E-state index in [1.807, 2.05) is 19.9 Å². The van der Waals surface area contributed by atoms with Crippen LogP contribution in [0, 0.1) is 13.8 Å². The topological polar surface area (TPSA) is 46.1 Å². The van der Waals surface area contributed by atoms with Gasteiger partial charge in [-0.2, -0.15) is 13.2 Å². The molecule has 3 rings (SSSR count). The first-order chi connectivity index (χ1) is 12.7. The van der Waals surface area contributed by atoms with Gasteiger partial charge in [0.25, 0.3) is 0 Å². The molecule has 1 fully saturated rings. The molecule has 1 aromatic carbocycles. The number of aromatic nitrogens is 2. The van der Waals surface area contributed by atoms with Crippen LogP contribution in [0.25, 0.3) is 0 Å². The molecule has 2 aromatic rings. The first kappa shape index (κ1) is 19.7. The van der Waals surface area contributed by atoms with Gasteiger partial charge in [-0.15, -0.1) is 0 Å². The van der Waals surface area contributed by atoms with E-state index in [1.165, 1.54) is 23.9 Å². The van der Waals surface area contributed by atoms with Crippen molar-refractivity contribution < 1.29 is 18.0 Å². The summed E-state index contributed by atoms with van der Waals surface area (Å²) < 4.78 is 39.7. The van der Waals surface area contributed by atoms with Crippen molar-refractivity contribution in [2.24, 2.45) is 0 Å². The molecule has 27 heavy (non-hydrogen) atoms. The zero-order chi connectivity index (χ0) is 19.6. The maximum absolute atomic E-state index is 13.2. The first-order valence-corrected chi connectivity index (χ1v) is 9.62. The van der Waals surface area contributed by atoms with E-state index in [9.17, 15) is 18.0 Å². The zero-order valence-corrected chi connectivity index (χ0v) is 15.9. The molecule has 0 unspecified atom stereocenters. The molecular weight excluding hydrogens is 375 g/mol. The Morgan fingerprint density at radius 3 is 2.41 bits per heavy atom. The third-order valence-corrected chi connectivity index (χ3v) is 5.09. The van der Waals surface area contributed by atoms with Crippen LogP contribution in [-0.4, -0.2) is 32.6 Å². The molecule has 0 atom stereocenters. The molecule has 0 saturated heterocycles. The third kappa shape index (κ3) is 5.22. The van der Waals surface area contributed by atoms with E-state index in [4.69, 9.17) is 0 Å². The molecule has 0 spiro atoms. The van der Waals surface area contributed by atoms with Gasteiger partial charge >= 0.3 is 6.18 Å². The second kappa shape index (κ2) is 7.88. The summed E-state index contributed by atoms with van der Waals surface area (Å²) in [6.07, 6.45) is -2.79. The number of thioether (sulfide) groups is 1. The molecule has 8 heteroatoms. The SMILES string of the molecule is Cc1cc(C)nc(SCC(=O)N(Cc2ccccc2C(F)(F)F)C2CC2)n1. The van der Waals surface area contributed by atoms with E-state index in [1.54, 1.807) is 11.0 Å². The lowest BCUT2D eigenvalue weighted by atomic mass is 10.1. The average molecular weight is 395 g/mol. The molecule has 1 heterocycles. The van der Waals surface area contributed by atoms with Crippen LogP contribution in [0.4, 0.5) is 13.2 Å². The third-order valence-electron chi connectivity index (χ3n) is 4.26. The number of nitrogens with zero attached hydrogens (tertiary/aromatic N) is 3. The van der Waals surface area contributed by atoms with Gasteiger partial charge in [-0.25, -0.2) is 9.97 Å². The number of hydrogen-bond acceptors (Lipinski definition) is 4. The minimum Gasteiger partial charge on any atom is -0.335 e. The Labute approximate surface area is 160 Å². The molecule has 4 nitrogen and oxygen atoms in total. The van der Waals surface area contributed by atoms with E-state index >= 15 is 0 Å². The van der Waals surface area contributed by atoms with Crippen LogP contribution in [-0.2, 0) is 17.5 Å². The predicted octanol–water partition coefficient (Wildman–Crippen LogP) is 4.40. The van der Waals surface area contributed by atoms with Crippen LogP contribution in [0.3, 0.4) is 0 Å². The predicted molar refractivity (Wildman–Crippen MR) is 97.2 cm³/mol. The lowest BCUT2D eigenvalue weighted by molar-refractivity contribution is -0.139. The van der Waals surface area contributed by atoms with Crippen molar-refractivity contribution in [3.8, 4) is 0 Å². The highest BCUT2D eigenvalue weighted by Gasteiger charge is 2.37. The fourth-order valence-electron chi connectivity index (χ4n) is 2.89. The second-order valence-electron chi connectivity index (χ2n) is 6.63. The summed E-state index contributed by atoms with van der Waals surface area (Å²) in [7, 11) is 0. The molecule has 0 N–H and O–H groups in total. The molecule has 0 radical (unpaired) electrons. The Kier molecular flexibility index (Phi) is 5.74. The van der Waals surface area contributed by atoms with Gasteiger partial charge in [-0.1, -0.05) is 30.0 Å². The fraction of sp³-hybridized carbons (Fsp3) is 0.421. The van der Waals surface area contributed by atoms with Gasteiger partial charge < -0.3 is 4.90 Å². The number of carbonyl (C=O) groups excluding carboxylic acids is 1. The van der Waals surface area contributed by atoms with Gasteiger partial charge in [0.15, 0.2) is 5.16 Å². The monoisotopic (exact) mass is 395 g/mol. The minimum absolute atomic E-state index is 0.0135. The summed E-state index contributed by atoms with van der Waals surface area (Å²) in [5, 5.41) is 0.507. The summed E-state index contributed by atoms with van der Waals surface area (Å²) in [6, 6.07) is 7.28. The standard InChI is InChI=1S/C19H20F3N3OS/c1-12-9-13(2)24-18(23-12)27-11-17(26)25(15-7-8-15)10-14-5-3-4-6-16(14)19(20,21)22/h3-6,9,15H,7-8,10-11H2,1-2H3. The number of amides is 1. The number of rotatable bonds is 6. The molecule has 1 aliphatic rings. The highest BCUT2D eigenvalue weighted by atomic mass is 32.2. The zero-order valence-electron chi connectivity index (χ0n) is 15.1. The minimum atomic E-state index is -4.43. The van der Waals surface area contributed by atoms with Gasteiger partial charge in [-0.3, -0.25) is 4.79 Å². The Morgan fingerprint density at radius 2 is 1.81 bits per heavy atom. The van der Waals surface area contributed by atoms with E-state index < -0.39 is 11.7 Å². The summed E-state index contributed by atoms with van der Waals surface area (Å²) in [6.45, 7) is 3.67. The molecular formula is C19H20F3N3OS. The van der Waals surface area contributed by atoms with E-state index in [0.717, 1.165) is 30.3 Å². The number of aryl methyl sites for hydroxylation is 2. The number of hydrogen-bond donors (Lipinski definition) is 0. The van der Waals surface area contributed by atoms with Gasteiger partial charge in [0.1, 0.15) is 0 Å². The molecule has 0 bridgehead atoms. The quantitative estimate of drug-likeness (QED) is 0.537. The van der Waals surface area contributed by atoms with Crippen molar-refractivity contribution in [2.45, 2.75) is 50.6 Å². The second-order valence-corrected chi connectivity index (χ2v) is 7.57. The van der Waals surface area contributed by atoms with Crippen LogP contribution in [0.15, 0.2) is 35.5 Å². The van der Waals surface area contributed by atoms with Crippen LogP contribution in [0.5, 0.6) is 0 Å². The number of benzene rings is 1. The average Bonchev–Trinajstić information content (AvgIpc) is 3.41. The van der Waals surface area contributed by atoms with Gasteiger partial charge in [0, 0.05) is 24.0 Å². The van der Waals surface area contributed by atoms with Crippen LogP contribution in [0.2, 0.25) is 0 Å². The Bertz CT molecular complexity index is 817. The lowest BCUT2D eigenvalue weighted by Crippen LogP contribution is -2.34. The fourth-order valence-corrected chi connectivity index (χ4v) is 3.73. The first-order valence-electron chi connectivity index (χ1n) is 8.63. The molecule has 1 saturated carbocycles. The van der Waals surface area contributed by atoms with Crippen LogP contribution in [0.1, 0.15) is 35.4 Å². The van der Waals surface area contributed by atoms with E-state index in [2.05, 4.69) is 9.97 Å². The van der Waals surface area contributed by atoms with Gasteiger partial charge in [0.2, 0.25) is 5.91 Å². The van der Waals surface area contributed by atoms with Crippen molar-refractivity contribution in [3.05, 3.63) is 52.8 Å². The summed E-state index contributed by atoms with van der Waals surface area (Å²) in [5.74, 6) is -0.0876. The summed E-state index contributed by atoms with van der Waals surface area (Å²) >= 11 is 1.22. The number of carbonyl (C=O) groups is 1. The Hall–Kier alpha value is -2.09. The largest absolute Gasteiger partial charge is 0.416 e. The van der Waals surface area contributed by atoms with Crippen molar-refractivity contribution in [3.63, 3.8) is 0 Å². The van der Waals surface area contributed by atoms with Crippen molar-refractivity contribution in [2.75, 3.05) is 5.75 Å². The maximum atomic E-state index is 13.2. The van der Waals surface area contributed by atoms with Crippen molar-refractivity contribution >= 4 is 17.7 Å². The summed E-state index contributed by atoms with van der Waals surface area (Å²) in [5.41, 5.74) is 1.07. The van der Waals surface area contributed by atoms with E-state index in [0.29, 0.717) is 5.16 Å². The van der Waals surface area contributed by atoms with Crippen molar-refractivity contribution in [1.82, 2.24) is 14.9 Å². The number of halogens is 3. The summed E-state index contributed by atoms with van der Waals surface area (Å²) in [4.78, 5) is 22.8. The van der Waals surface area contributed by atoms with E-state index in [-0.39, 0.29) is 29.8 Å². The molecule has 0 aliphatic heterocycles. The Morgan fingerprint density at radius 1 is 1.19 bits per heavy atom. The van der Waals surface area contributed by atoms with Crippen molar-refractivity contribution in [1.29, 1.82) is 0 Å². The lowest BCUT2D eigenvalue weighted by Gasteiger charge is -2.24. The van der Waals surface area contributed by atoms with Crippen LogP contribution < -0.4 is 0 Å². The molecule has 144 valence electrons. The number of alkyl halides is 3. The molecule has 1 aliphatic carbocycles. The van der Waals surface area contributed by atoms with Gasteiger partial charge in [-0.05, 0) is 44.4 Å². The Balaban J connectivity index is 1.72. The smallest absolute Gasteiger partial charge is 0.335 e. The van der Waals surface area contributed by atoms with Gasteiger partial charge in [0.05, 0.1) is 11.3 Å². The normalized spacial score (nSPS) is 14.3. The highest BCUT2D eigenvalue weighted by Crippen LogP contribution is 2.35. The maximum Gasteiger partial charge on any atom is 0.416 e. The molecule has 1 aromatic heterocycles. The highest BCUT2D eigenvalue weighted by molar-refractivity contribution is 7.99. The van der Waals surface area contributed by atoms with Crippen LogP contribution >= 0.6 is 11.8 Å². The molecule has 1 amide bonds.